The van der Waals surface area contributed by atoms with Crippen molar-refractivity contribution in [2.45, 2.75) is 19.3 Å². The Morgan fingerprint density at radius 3 is 2.54 bits per heavy atom. The molecule has 6 heteroatoms. The predicted octanol–water partition coefficient (Wildman–Crippen LogP) is 4.20. The van der Waals surface area contributed by atoms with E-state index >= 15 is 0 Å². The zero-order valence-electron chi connectivity index (χ0n) is 13.4. The van der Waals surface area contributed by atoms with Gasteiger partial charge in [0.15, 0.2) is 18.2 Å². The average Bonchev–Trinajstić information content (AvgIpc) is 2.52. The van der Waals surface area contributed by atoms with Gasteiger partial charge in [0.05, 0.1) is 0 Å². The first kappa shape index (κ1) is 18.4. The maximum atomic E-state index is 13.9. The summed E-state index contributed by atoms with van der Waals surface area (Å²) in [6.07, 6.45) is 0. The molecule has 0 saturated carbocycles. The molecule has 0 radical (unpaired) electrons. The van der Waals surface area contributed by atoms with Crippen molar-refractivity contribution in [2.75, 3.05) is 13.2 Å². The van der Waals surface area contributed by atoms with E-state index < -0.39 is 17.1 Å². The minimum Gasteiger partial charge on any atom is -0.481 e. The molecule has 0 unspecified atom stereocenters. The van der Waals surface area contributed by atoms with Gasteiger partial charge in [-0.2, -0.15) is 0 Å². The Labute approximate surface area is 148 Å². The highest BCUT2D eigenvalue weighted by atomic mass is 79.9. The highest BCUT2D eigenvalue weighted by molar-refractivity contribution is 9.10. The number of hydrogen-bond donors (Lipinski definition) is 1. The lowest BCUT2D eigenvalue weighted by molar-refractivity contribution is -0.123. The highest BCUT2D eigenvalue weighted by Gasteiger charge is 2.24. The number of hydrogen-bond acceptors (Lipinski definition) is 2. The first-order valence-electron chi connectivity index (χ1n) is 7.39. The van der Waals surface area contributed by atoms with Crippen molar-refractivity contribution in [1.29, 1.82) is 0 Å². The van der Waals surface area contributed by atoms with Crippen molar-refractivity contribution >= 4 is 21.8 Å². The van der Waals surface area contributed by atoms with Crippen LogP contribution in [0.25, 0.3) is 0 Å². The number of carbonyl (C=O) groups is 1. The van der Waals surface area contributed by atoms with Gasteiger partial charge in [0.25, 0.3) is 5.91 Å². The summed E-state index contributed by atoms with van der Waals surface area (Å²) in [4.78, 5) is 11.9. The van der Waals surface area contributed by atoms with E-state index in [1.165, 1.54) is 18.2 Å². The van der Waals surface area contributed by atoms with E-state index in [-0.39, 0.29) is 24.7 Å². The zero-order valence-corrected chi connectivity index (χ0v) is 15.0. The fourth-order valence-electron chi connectivity index (χ4n) is 2.21. The fourth-order valence-corrected chi connectivity index (χ4v) is 2.54. The van der Waals surface area contributed by atoms with Crippen LogP contribution in [0, 0.1) is 11.6 Å². The van der Waals surface area contributed by atoms with Crippen LogP contribution in [0.4, 0.5) is 8.78 Å². The molecule has 0 heterocycles. The van der Waals surface area contributed by atoms with Crippen LogP contribution < -0.4 is 10.1 Å². The Morgan fingerprint density at radius 2 is 1.88 bits per heavy atom. The lowest BCUT2D eigenvalue weighted by Crippen LogP contribution is -2.39. The molecule has 1 amide bonds. The standard InChI is InChI=1S/C18H18BrF2NO2/c1-18(2,13-5-3-4-6-14(13)20)11-22-17(23)10-24-16-8-7-12(19)9-15(16)21/h3-9H,10-11H2,1-2H3,(H,22,23). The van der Waals surface area contributed by atoms with Crippen LogP contribution in [0.3, 0.4) is 0 Å². The number of carbonyl (C=O) groups excluding carboxylic acids is 1. The maximum Gasteiger partial charge on any atom is 0.257 e. The van der Waals surface area contributed by atoms with Crippen LogP contribution in [0.15, 0.2) is 46.9 Å². The second kappa shape index (κ2) is 7.75. The van der Waals surface area contributed by atoms with Gasteiger partial charge in [-0.15, -0.1) is 0 Å². The largest absolute Gasteiger partial charge is 0.481 e. The zero-order chi connectivity index (χ0) is 17.7. The molecule has 2 aromatic carbocycles. The Morgan fingerprint density at radius 1 is 1.17 bits per heavy atom. The molecule has 0 saturated heterocycles. The van der Waals surface area contributed by atoms with Gasteiger partial charge in [-0.1, -0.05) is 48.0 Å². The molecule has 24 heavy (non-hydrogen) atoms. The topological polar surface area (TPSA) is 38.3 Å². The quantitative estimate of drug-likeness (QED) is 0.792. The van der Waals surface area contributed by atoms with Gasteiger partial charge in [-0.25, -0.2) is 8.78 Å². The van der Waals surface area contributed by atoms with E-state index in [0.29, 0.717) is 10.0 Å². The van der Waals surface area contributed by atoms with Crippen LogP contribution in [-0.4, -0.2) is 19.1 Å². The normalized spacial score (nSPS) is 11.2. The van der Waals surface area contributed by atoms with Gasteiger partial charge < -0.3 is 10.1 Å². The average molecular weight is 398 g/mol. The number of nitrogens with one attached hydrogen (secondary N) is 1. The van der Waals surface area contributed by atoms with Crippen molar-refractivity contribution in [2.24, 2.45) is 0 Å². The van der Waals surface area contributed by atoms with E-state index in [0.717, 1.165) is 0 Å². The molecule has 3 nitrogen and oxygen atoms in total. The molecule has 0 spiro atoms. The first-order valence-corrected chi connectivity index (χ1v) is 8.18. The summed E-state index contributed by atoms with van der Waals surface area (Å²) in [5.41, 5.74) is -0.0608. The SMILES string of the molecule is CC(C)(CNC(=O)COc1ccc(Br)cc1F)c1ccccc1F. The number of amides is 1. The molecule has 0 bridgehead atoms. The van der Waals surface area contributed by atoms with E-state index in [9.17, 15) is 13.6 Å². The molecule has 0 fully saturated rings. The second-order valence-electron chi connectivity index (χ2n) is 6.00. The van der Waals surface area contributed by atoms with Crippen LogP contribution in [0.5, 0.6) is 5.75 Å². The molecule has 0 aliphatic heterocycles. The summed E-state index contributed by atoms with van der Waals surface area (Å²) in [5.74, 6) is -1.27. The van der Waals surface area contributed by atoms with Gasteiger partial charge in [0, 0.05) is 16.4 Å². The molecule has 2 aromatic rings. The lowest BCUT2D eigenvalue weighted by atomic mass is 9.84. The van der Waals surface area contributed by atoms with Crippen molar-refractivity contribution in [3.8, 4) is 5.75 Å². The third-order valence-electron chi connectivity index (χ3n) is 3.58. The van der Waals surface area contributed by atoms with Gasteiger partial charge >= 0.3 is 0 Å². The van der Waals surface area contributed by atoms with Gasteiger partial charge in [-0.3, -0.25) is 4.79 Å². The van der Waals surface area contributed by atoms with Crippen molar-refractivity contribution in [3.05, 3.63) is 64.1 Å². The Hall–Kier alpha value is -1.95. The fraction of sp³-hybridized carbons (Fsp3) is 0.278. The Balaban J connectivity index is 1.90. The molecule has 0 aromatic heterocycles. The van der Waals surface area contributed by atoms with Gasteiger partial charge in [0.2, 0.25) is 0 Å². The minimum absolute atomic E-state index is 0.00159. The molecule has 128 valence electrons. The summed E-state index contributed by atoms with van der Waals surface area (Å²) < 4.78 is 33.2. The monoisotopic (exact) mass is 397 g/mol. The minimum atomic E-state index is -0.579. The molecule has 2 rings (SSSR count). The highest BCUT2D eigenvalue weighted by Crippen LogP contribution is 2.25. The first-order chi connectivity index (χ1) is 11.3. The molecular formula is C18H18BrF2NO2. The summed E-state index contributed by atoms with van der Waals surface area (Å²) in [6, 6.07) is 10.8. The Bertz CT molecular complexity index is 735. The second-order valence-corrected chi connectivity index (χ2v) is 6.92. The van der Waals surface area contributed by atoms with Crippen LogP contribution in [-0.2, 0) is 10.2 Å². The molecule has 0 atom stereocenters. The van der Waals surface area contributed by atoms with Crippen molar-refractivity contribution in [3.63, 3.8) is 0 Å². The molecule has 0 aliphatic rings. The summed E-state index contributed by atoms with van der Waals surface area (Å²) >= 11 is 3.15. The number of benzene rings is 2. The van der Waals surface area contributed by atoms with Crippen LogP contribution >= 0.6 is 15.9 Å². The Kier molecular flexibility index (Phi) is 5.94. The van der Waals surface area contributed by atoms with Gasteiger partial charge in [0.1, 0.15) is 5.82 Å². The van der Waals surface area contributed by atoms with E-state index in [1.807, 2.05) is 13.8 Å². The van der Waals surface area contributed by atoms with Crippen LogP contribution in [0.1, 0.15) is 19.4 Å². The maximum absolute atomic E-state index is 13.9. The smallest absolute Gasteiger partial charge is 0.257 e. The van der Waals surface area contributed by atoms with E-state index in [4.69, 9.17) is 4.74 Å². The van der Waals surface area contributed by atoms with Crippen molar-refractivity contribution < 1.29 is 18.3 Å². The molecule has 1 N–H and O–H groups in total. The van der Waals surface area contributed by atoms with E-state index in [1.54, 1.807) is 24.3 Å². The number of rotatable bonds is 6. The summed E-state index contributed by atoms with van der Waals surface area (Å²) in [7, 11) is 0. The van der Waals surface area contributed by atoms with Gasteiger partial charge in [-0.05, 0) is 29.8 Å². The number of ether oxygens (including phenoxy) is 1. The molecular weight excluding hydrogens is 380 g/mol. The number of halogens is 3. The van der Waals surface area contributed by atoms with Crippen molar-refractivity contribution in [1.82, 2.24) is 5.32 Å². The summed E-state index contributed by atoms with van der Waals surface area (Å²) in [5, 5.41) is 2.69. The third kappa shape index (κ3) is 4.77. The molecule has 0 aliphatic carbocycles. The third-order valence-corrected chi connectivity index (χ3v) is 4.08. The lowest BCUT2D eigenvalue weighted by Gasteiger charge is -2.26. The van der Waals surface area contributed by atoms with E-state index in [2.05, 4.69) is 21.2 Å². The summed E-state index contributed by atoms with van der Waals surface area (Å²) in [6.45, 7) is 3.59. The predicted molar refractivity (Wildman–Crippen MR) is 92.0 cm³/mol. The van der Waals surface area contributed by atoms with Crippen LogP contribution in [0.2, 0.25) is 0 Å².